The summed E-state index contributed by atoms with van der Waals surface area (Å²) in [5.74, 6) is 0.835. The molecule has 0 radical (unpaired) electrons. The van der Waals surface area contributed by atoms with Gasteiger partial charge in [-0.1, -0.05) is 28.1 Å². The van der Waals surface area contributed by atoms with E-state index in [1.807, 2.05) is 42.7 Å². The molecule has 140 valence electrons. The molecule has 2 heterocycles. The Bertz CT molecular complexity index is 956. The Balaban J connectivity index is 1.28. The molecule has 4 rings (SSSR count). The molecule has 1 unspecified atom stereocenters. The zero-order valence-electron chi connectivity index (χ0n) is 14.8. The maximum absolute atomic E-state index is 12.3. The average Bonchev–Trinajstić information content (AvgIpc) is 3.09. The molecule has 0 saturated carbocycles. The number of fused-ring (bicyclic) bond motifs is 2. The molecule has 1 aliphatic rings. The number of imidazole rings is 1. The van der Waals surface area contributed by atoms with Gasteiger partial charge in [-0.15, -0.1) is 0 Å². The Kier molecular flexibility index (Phi) is 5.29. The van der Waals surface area contributed by atoms with Crippen LogP contribution in [0.1, 0.15) is 24.4 Å². The van der Waals surface area contributed by atoms with Gasteiger partial charge < -0.3 is 19.9 Å². The van der Waals surface area contributed by atoms with Gasteiger partial charge in [0.05, 0.1) is 30.0 Å². The first-order valence-electron chi connectivity index (χ1n) is 9.07. The summed E-state index contributed by atoms with van der Waals surface area (Å²) < 4.78 is 8.75. The Morgan fingerprint density at radius 2 is 2.19 bits per heavy atom. The second kappa shape index (κ2) is 8.00. The van der Waals surface area contributed by atoms with E-state index < -0.39 is 0 Å². The van der Waals surface area contributed by atoms with Crippen LogP contribution < -0.4 is 15.4 Å². The van der Waals surface area contributed by atoms with E-state index in [-0.39, 0.29) is 12.1 Å². The van der Waals surface area contributed by atoms with Crippen LogP contribution in [0.4, 0.5) is 4.79 Å². The van der Waals surface area contributed by atoms with Crippen LogP contribution in [0, 0.1) is 0 Å². The molecule has 7 heteroatoms. The average molecular weight is 429 g/mol. The maximum atomic E-state index is 12.3. The minimum atomic E-state index is -0.150. The third-order valence-corrected chi connectivity index (χ3v) is 5.20. The van der Waals surface area contributed by atoms with E-state index in [0.717, 1.165) is 46.2 Å². The largest absolute Gasteiger partial charge is 0.493 e. The number of nitrogens with one attached hydrogen (secondary N) is 2. The Labute approximate surface area is 166 Å². The van der Waals surface area contributed by atoms with Gasteiger partial charge in [0.25, 0.3) is 0 Å². The van der Waals surface area contributed by atoms with Crippen LogP contribution in [0.25, 0.3) is 11.0 Å². The first kappa shape index (κ1) is 17.9. The van der Waals surface area contributed by atoms with Gasteiger partial charge in [0.15, 0.2) is 0 Å². The summed E-state index contributed by atoms with van der Waals surface area (Å²) in [4.78, 5) is 16.7. The molecule has 1 atom stereocenters. The number of carbonyl (C=O) groups excluding carboxylic acids is 1. The van der Waals surface area contributed by atoms with Gasteiger partial charge in [0, 0.05) is 29.5 Å². The van der Waals surface area contributed by atoms with Crippen molar-refractivity contribution < 1.29 is 9.53 Å². The highest BCUT2D eigenvalue weighted by Gasteiger charge is 2.23. The molecule has 3 aromatic rings. The van der Waals surface area contributed by atoms with E-state index in [0.29, 0.717) is 13.2 Å². The van der Waals surface area contributed by atoms with Gasteiger partial charge in [-0.25, -0.2) is 9.78 Å². The van der Waals surface area contributed by atoms with Gasteiger partial charge in [-0.05, 0) is 36.8 Å². The number of urea groups is 1. The lowest BCUT2D eigenvalue weighted by molar-refractivity contribution is 0.223. The lowest BCUT2D eigenvalue weighted by Gasteiger charge is -2.27. The number of aromatic nitrogens is 2. The lowest BCUT2D eigenvalue weighted by atomic mass is 10.0. The number of aryl methyl sites for hydroxylation is 1. The van der Waals surface area contributed by atoms with Crippen molar-refractivity contribution in [3.05, 3.63) is 58.8 Å². The van der Waals surface area contributed by atoms with Gasteiger partial charge >= 0.3 is 6.03 Å². The summed E-state index contributed by atoms with van der Waals surface area (Å²) >= 11 is 3.48. The van der Waals surface area contributed by atoms with Crippen molar-refractivity contribution in [1.29, 1.82) is 0 Å². The third kappa shape index (κ3) is 4.08. The fourth-order valence-electron chi connectivity index (χ4n) is 3.36. The van der Waals surface area contributed by atoms with Crippen LogP contribution in [-0.4, -0.2) is 28.7 Å². The van der Waals surface area contributed by atoms with Gasteiger partial charge in [0.1, 0.15) is 5.75 Å². The topological polar surface area (TPSA) is 68.2 Å². The number of hydrogen-bond donors (Lipinski definition) is 2. The van der Waals surface area contributed by atoms with E-state index in [1.54, 1.807) is 0 Å². The predicted octanol–water partition coefficient (Wildman–Crippen LogP) is 4.01. The van der Waals surface area contributed by atoms with Crippen molar-refractivity contribution in [3.63, 3.8) is 0 Å². The van der Waals surface area contributed by atoms with Gasteiger partial charge in [-0.3, -0.25) is 0 Å². The number of benzene rings is 2. The summed E-state index contributed by atoms with van der Waals surface area (Å²) in [5, 5.41) is 6.01. The van der Waals surface area contributed by atoms with Crippen molar-refractivity contribution in [2.24, 2.45) is 0 Å². The molecule has 0 bridgehead atoms. The minimum Gasteiger partial charge on any atom is -0.493 e. The van der Waals surface area contributed by atoms with Crippen LogP contribution in [0.15, 0.2) is 53.3 Å². The summed E-state index contributed by atoms with van der Waals surface area (Å²) in [7, 11) is 0. The third-order valence-electron chi connectivity index (χ3n) is 4.71. The fraction of sp³-hybridized carbons (Fsp3) is 0.300. The van der Waals surface area contributed by atoms with Crippen LogP contribution in [0.5, 0.6) is 5.75 Å². The molecule has 0 spiro atoms. The molecule has 27 heavy (non-hydrogen) atoms. The molecule has 0 fully saturated rings. The van der Waals surface area contributed by atoms with Crippen molar-refractivity contribution in [1.82, 2.24) is 20.2 Å². The van der Waals surface area contributed by atoms with Crippen molar-refractivity contribution in [2.45, 2.75) is 25.4 Å². The zero-order chi connectivity index (χ0) is 18.6. The fourth-order valence-corrected chi connectivity index (χ4v) is 3.74. The van der Waals surface area contributed by atoms with Crippen molar-refractivity contribution >= 4 is 33.0 Å². The molecule has 1 aliphatic heterocycles. The number of para-hydroxylation sites is 2. The molecular weight excluding hydrogens is 408 g/mol. The number of nitrogens with zero attached hydrogens (tertiary/aromatic N) is 2. The van der Waals surface area contributed by atoms with E-state index in [9.17, 15) is 4.79 Å². The van der Waals surface area contributed by atoms with Gasteiger partial charge in [-0.2, -0.15) is 0 Å². The second-order valence-electron chi connectivity index (χ2n) is 6.55. The second-order valence-corrected chi connectivity index (χ2v) is 7.47. The van der Waals surface area contributed by atoms with Crippen LogP contribution in [0.3, 0.4) is 0 Å². The van der Waals surface area contributed by atoms with Crippen LogP contribution >= 0.6 is 15.9 Å². The highest BCUT2D eigenvalue weighted by molar-refractivity contribution is 9.10. The summed E-state index contributed by atoms with van der Waals surface area (Å²) in [6.07, 6.45) is 3.45. The number of ether oxygens (including phenoxy) is 1. The summed E-state index contributed by atoms with van der Waals surface area (Å²) in [6, 6.07) is 13.7. The van der Waals surface area contributed by atoms with Crippen molar-refractivity contribution in [3.8, 4) is 5.75 Å². The Morgan fingerprint density at radius 3 is 3.11 bits per heavy atom. The predicted molar refractivity (Wildman–Crippen MR) is 108 cm³/mol. The first-order chi connectivity index (χ1) is 13.2. The van der Waals surface area contributed by atoms with Crippen molar-refractivity contribution in [2.75, 3.05) is 13.2 Å². The Morgan fingerprint density at radius 1 is 1.30 bits per heavy atom. The smallest absolute Gasteiger partial charge is 0.315 e. The molecule has 2 aromatic carbocycles. The maximum Gasteiger partial charge on any atom is 0.315 e. The monoisotopic (exact) mass is 428 g/mol. The molecular formula is C20H21BrN4O2. The Hall–Kier alpha value is -2.54. The number of halogens is 1. The number of amides is 2. The summed E-state index contributed by atoms with van der Waals surface area (Å²) in [5.41, 5.74) is 3.12. The molecule has 6 nitrogen and oxygen atoms in total. The number of hydrogen-bond acceptors (Lipinski definition) is 3. The molecule has 2 amide bonds. The molecule has 1 aromatic heterocycles. The molecule has 0 aliphatic carbocycles. The minimum absolute atomic E-state index is 0.0381. The van der Waals surface area contributed by atoms with E-state index in [1.165, 1.54) is 0 Å². The van der Waals surface area contributed by atoms with E-state index in [4.69, 9.17) is 4.74 Å². The SMILES string of the molecule is O=C(NCCCn1cnc2ccccc21)NC1CCOc2ccc(Br)cc21. The van der Waals surface area contributed by atoms with E-state index >= 15 is 0 Å². The lowest BCUT2D eigenvalue weighted by Crippen LogP contribution is -2.40. The molecule has 0 saturated heterocycles. The highest BCUT2D eigenvalue weighted by atomic mass is 79.9. The van der Waals surface area contributed by atoms with Gasteiger partial charge in [0.2, 0.25) is 0 Å². The number of rotatable bonds is 5. The number of carbonyl (C=O) groups is 1. The standard InChI is InChI=1S/C20H21BrN4O2/c21-14-6-7-19-15(12-14)16(8-11-27-19)24-20(26)22-9-3-10-25-13-23-17-4-1-2-5-18(17)25/h1-2,4-7,12-13,16H,3,8-11H2,(H2,22,24,26). The highest BCUT2D eigenvalue weighted by Crippen LogP contribution is 2.33. The van der Waals surface area contributed by atoms with Crippen LogP contribution in [0.2, 0.25) is 0 Å². The first-order valence-corrected chi connectivity index (χ1v) is 9.86. The normalized spacial score (nSPS) is 15.8. The summed E-state index contributed by atoms with van der Waals surface area (Å²) in [6.45, 7) is 2.02. The molecule has 2 N–H and O–H groups in total. The van der Waals surface area contributed by atoms with Crippen LogP contribution in [-0.2, 0) is 6.54 Å². The van der Waals surface area contributed by atoms with E-state index in [2.05, 4.69) is 42.2 Å². The zero-order valence-corrected chi connectivity index (χ0v) is 16.4. The quantitative estimate of drug-likeness (QED) is 0.603.